The highest BCUT2D eigenvalue weighted by atomic mass is 32.1. The van der Waals surface area contributed by atoms with Gasteiger partial charge in [0.1, 0.15) is 0 Å². The van der Waals surface area contributed by atoms with Crippen molar-refractivity contribution in [3.05, 3.63) is 364 Å². The normalized spacial score (nSPS) is 12.2. The van der Waals surface area contributed by atoms with Gasteiger partial charge in [0.2, 0.25) is 0 Å². The highest BCUT2D eigenvalue weighted by Gasteiger charge is 2.24. The summed E-state index contributed by atoms with van der Waals surface area (Å²) in [6.45, 7) is 0. The van der Waals surface area contributed by atoms with Crippen LogP contribution in [0, 0.1) is 0 Å². The molecule has 0 fully saturated rings. The van der Waals surface area contributed by atoms with Crippen molar-refractivity contribution in [2.75, 3.05) is 0 Å². The van der Waals surface area contributed by atoms with Crippen molar-refractivity contribution < 1.29 is 0 Å². The van der Waals surface area contributed by atoms with Gasteiger partial charge in [0.05, 0.1) is 74.3 Å². The van der Waals surface area contributed by atoms with Crippen molar-refractivity contribution in [2.24, 2.45) is 0 Å². The molecule has 0 aliphatic carbocycles. The number of aromatic nitrogens is 6. The van der Waals surface area contributed by atoms with Gasteiger partial charge in [-0.25, -0.2) is 9.97 Å². The third-order valence-electron chi connectivity index (χ3n) is 24.5. The predicted octanol–water partition coefficient (Wildman–Crippen LogP) is 31.2. The van der Waals surface area contributed by atoms with E-state index in [-0.39, 0.29) is 0 Å². The van der Waals surface area contributed by atoms with E-state index in [0.29, 0.717) is 0 Å². The molecule has 0 saturated carbocycles. The van der Waals surface area contributed by atoms with E-state index in [4.69, 9.17) is 19.9 Å². The average molecular weight is 1570 g/mol. The van der Waals surface area contributed by atoms with Gasteiger partial charge in [0.25, 0.3) is 0 Å². The molecule has 0 radical (unpaired) electrons. The van der Waals surface area contributed by atoms with Crippen LogP contribution < -0.4 is 0 Å². The second-order valence-electron chi connectivity index (χ2n) is 31.1. The Balaban J connectivity index is 0.547. The Hall–Kier alpha value is -14.4. The van der Waals surface area contributed by atoms with Crippen LogP contribution in [0.15, 0.2) is 364 Å². The summed E-state index contributed by atoms with van der Waals surface area (Å²) in [5.74, 6) is 0. The topological polar surface area (TPSA) is 61.4 Å². The quantitative estimate of drug-likeness (QED) is 0.144. The predicted molar refractivity (Wildman–Crippen MR) is 506 cm³/mol. The number of benzene rings is 16. The van der Waals surface area contributed by atoms with Crippen LogP contribution >= 0.6 is 45.3 Å². The van der Waals surface area contributed by atoms with E-state index >= 15 is 0 Å². The van der Waals surface area contributed by atoms with Crippen LogP contribution in [0.4, 0.5) is 0 Å². The molecule has 0 bridgehead atoms. The maximum Gasteiger partial charge on any atom is 0.0902 e. The number of pyridine rings is 4. The first kappa shape index (κ1) is 66.0. The summed E-state index contributed by atoms with van der Waals surface area (Å²) in [7, 11) is 0. The zero-order valence-corrected chi connectivity index (χ0v) is 66.2. The molecule has 10 aromatic heterocycles. The summed E-state index contributed by atoms with van der Waals surface area (Å²) in [5.41, 5.74) is 26.8. The molecule has 16 aromatic carbocycles. The maximum absolute atomic E-state index is 5.76. The molecule has 26 rings (SSSR count). The lowest BCUT2D eigenvalue weighted by atomic mass is 9.95. The molecule has 546 valence electrons. The highest BCUT2D eigenvalue weighted by Crippen LogP contribution is 2.49. The Labute approximate surface area is 690 Å². The molecule has 10 heterocycles. The zero-order valence-electron chi connectivity index (χ0n) is 63.0. The highest BCUT2D eigenvalue weighted by molar-refractivity contribution is 7.28. The van der Waals surface area contributed by atoms with Gasteiger partial charge < -0.3 is 9.13 Å². The Morgan fingerprint density at radius 2 is 0.466 bits per heavy atom. The first-order chi connectivity index (χ1) is 58.4. The monoisotopic (exact) mass is 1570 g/mol. The summed E-state index contributed by atoms with van der Waals surface area (Å²) in [6, 6.07) is 130. The molecule has 26 aromatic rings. The Morgan fingerprint density at radius 3 is 0.873 bits per heavy atom. The number of hydrogen-bond donors (Lipinski definition) is 0. The summed E-state index contributed by atoms with van der Waals surface area (Å²) in [4.78, 5) is 21.6. The zero-order chi connectivity index (χ0) is 77.0. The van der Waals surface area contributed by atoms with Gasteiger partial charge in [-0.3, -0.25) is 9.97 Å². The number of nitrogens with zero attached hydrogens (tertiary/aromatic N) is 6. The van der Waals surface area contributed by atoms with E-state index in [1.165, 1.54) is 114 Å². The molecule has 10 heteroatoms. The van der Waals surface area contributed by atoms with E-state index in [9.17, 15) is 0 Å². The van der Waals surface area contributed by atoms with E-state index in [1.54, 1.807) is 0 Å². The molecule has 118 heavy (non-hydrogen) atoms. The molecular formula is C108H60N6S4. The van der Waals surface area contributed by atoms with E-state index < -0.39 is 0 Å². The van der Waals surface area contributed by atoms with Crippen LogP contribution in [-0.2, 0) is 0 Å². The van der Waals surface area contributed by atoms with Crippen molar-refractivity contribution in [1.82, 2.24) is 29.1 Å². The number of hydrogen-bond acceptors (Lipinski definition) is 8. The largest absolute Gasteiger partial charge is 0.309 e. The number of rotatable bonds is 9. The van der Waals surface area contributed by atoms with Crippen LogP contribution in [0.2, 0.25) is 0 Å². The lowest BCUT2D eigenvalue weighted by Crippen LogP contribution is -1.93. The summed E-state index contributed by atoms with van der Waals surface area (Å²) < 4.78 is 14.6. The first-order valence-corrected chi connectivity index (χ1v) is 43.1. The van der Waals surface area contributed by atoms with Crippen LogP contribution in [0.25, 0.3) is 257 Å². The first-order valence-electron chi connectivity index (χ1n) is 39.8. The molecule has 0 spiro atoms. The van der Waals surface area contributed by atoms with Crippen molar-refractivity contribution in [1.29, 1.82) is 0 Å². The van der Waals surface area contributed by atoms with Gasteiger partial charge in [-0.1, -0.05) is 218 Å². The fraction of sp³-hybridized carbons (Fsp3) is 0. The standard InChI is InChI=1S/C108H60N6S4/c1-5-17-61(18-6-1)99-87-55-65(31-41-79(87)107-103(111-99)82-26-14-16-28-96(82)116-107)69-35-45-93-85(53-69)86-54-70(36-46-94(86)114(93)76-23-11-4-12-24-76)66-32-42-80-88(56-66)100(62-19-7-2-8-20-62)112-104-90-58-72(38-48-98(90)118-108(80)104)71-37-47-97-89(57-71)102-106(117-97)78-40-30-64(50-74(78)60-110-102)68-34-44-92-84(52-68)83-51-67(33-43-91(83)113(92)75-21-9-3-10-22-75)63-29-39-77-73(49-63)59-109-101-81-25-13-15-27-95(81)115-105(77)101/h1-60H. The van der Waals surface area contributed by atoms with E-state index in [2.05, 4.69) is 367 Å². The maximum atomic E-state index is 5.76. The second-order valence-corrected chi connectivity index (χ2v) is 35.3. The summed E-state index contributed by atoms with van der Waals surface area (Å²) in [5, 5.41) is 18.9. The minimum atomic E-state index is 0.972. The lowest BCUT2D eigenvalue weighted by Gasteiger charge is -2.11. The average Bonchev–Trinajstić information content (AvgIpc) is 1.58. The molecule has 0 N–H and O–H groups in total. The van der Waals surface area contributed by atoms with Gasteiger partial charge in [-0.15, -0.1) is 45.3 Å². The molecule has 0 atom stereocenters. The summed E-state index contributed by atoms with van der Waals surface area (Å²) >= 11 is 7.32. The Bertz CT molecular complexity index is 8820. The minimum Gasteiger partial charge on any atom is -0.309 e. The smallest absolute Gasteiger partial charge is 0.0902 e. The molecule has 0 unspecified atom stereocenters. The van der Waals surface area contributed by atoms with E-state index in [1.807, 2.05) is 51.5 Å². The number of para-hydroxylation sites is 2. The van der Waals surface area contributed by atoms with Crippen molar-refractivity contribution in [3.63, 3.8) is 0 Å². The third-order valence-corrected chi connectivity index (χ3v) is 29.3. The minimum absolute atomic E-state index is 0.972. The second kappa shape index (κ2) is 25.6. The van der Waals surface area contributed by atoms with E-state index in [0.717, 1.165) is 144 Å². The fourth-order valence-electron chi connectivity index (χ4n) is 18.9. The van der Waals surface area contributed by atoms with Crippen molar-refractivity contribution in [2.45, 2.75) is 0 Å². The van der Waals surface area contributed by atoms with Gasteiger partial charge >= 0.3 is 0 Å². The molecule has 0 amide bonds. The van der Waals surface area contributed by atoms with Crippen LogP contribution in [-0.4, -0.2) is 29.1 Å². The SMILES string of the molecule is c1ccc(-c2nc3c4ccccc4sc3c3ccc(-c4ccc5c(c4)c4cc(-c6ccc7c(c6)c(-c6ccccc6)nc6c8cc(-c9ccc%10sc%11c%12ccc(-c%13ccc%14c(c%13)c%13cc(-c%15ccc%16c(cnc%17c%18ccccc%18sc%16%17)c%15)ccc%13n%14-c%13ccccc%13)cc%12cnc%11c%10c9)ccc8sc76)ccc4n5-c4ccccc4)cc23)cc1. The van der Waals surface area contributed by atoms with Crippen LogP contribution in [0.1, 0.15) is 0 Å². The van der Waals surface area contributed by atoms with Gasteiger partial charge in [0, 0.05) is 140 Å². The molecule has 0 aliphatic heterocycles. The van der Waals surface area contributed by atoms with Crippen LogP contribution in [0.3, 0.4) is 0 Å². The molecule has 0 saturated heterocycles. The van der Waals surface area contributed by atoms with Gasteiger partial charge in [-0.2, -0.15) is 0 Å². The lowest BCUT2D eigenvalue weighted by molar-refractivity contribution is 1.18. The van der Waals surface area contributed by atoms with Gasteiger partial charge in [-0.05, 0) is 189 Å². The Morgan fingerprint density at radius 1 is 0.186 bits per heavy atom. The van der Waals surface area contributed by atoms with Gasteiger partial charge in [0.15, 0.2) is 0 Å². The van der Waals surface area contributed by atoms with Crippen LogP contribution in [0.5, 0.6) is 0 Å². The Kier molecular flexibility index (Phi) is 14.3. The number of thiophene rings is 4. The molecular weight excluding hydrogens is 1510 g/mol. The fourth-order valence-corrected chi connectivity index (χ4v) is 23.6. The molecule has 6 nitrogen and oxygen atoms in total. The molecule has 0 aliphatic rings. The number of fused-ring (bicyclic) bond motifs is 26. The summed E-state index contributed by atoms with van der Waals surface area (Å²) in [6.07, 6.45) is 4.13. The third kappa shape index (κ3) is 10.1. The van der Waals surface area contributed by atoms with Crippen molar-refractivity contribution in [3.8, 4) is 89.5 Å². The van der Waals surface area contributed by atoms with Crippen molar-refractivity contribution >= 4 is 213 Å².